The van der Waals surface area contributed by atoms with E-state index in [4.69, 9.17) is 5.73 Å². The van der Waals surface area contributed by atoms with Crippen molar-refractivity contribution in [2.24, 2.45) is 5.73 Å². The summed E-state index contributed by atoms with van der Waals surface area (Å²) < 4.78 is 0. The number of phenolic OH excluding ortho intramolecular Hbond substituents is 1. The molecule has 6 nitrogen and oxygen atoms in total. The number of hydrogen-bond donors (Lipinski definition) is 2. The van der Waals surface area contributed by atoms with Crippen LogP contribution in [0.5, 0.6) is 5.75 Å². The molecular formula is C11H12N2O4. The van der Waals surface area contributed by atoms with E-state index in [0.29, 0.717) is 0 Å². The van der Waals surface area contributed by atoms with Gasteiger partial charge in [-0.1, -0.05) is 6.42 Å². The van der Waals surface area contributed by atoms with E-state index in [-0.39, 0.29) is 22.7 Å². The Labute approximate surface area is 97.2 Å². The predicted molar refractivity (Wildman–Crippen MR) is 59.9 cm³/mol. The lowest BCUT2D eigenvalue weighted by atomic mass is 9.77. The molecule has 1 amide bonds. The lowest BCUT2D eigenvalue weighted by Crippen LogP contribution is -2.20. The number of nitro benzene ring substituents is 1. The van der Waals surface area contributed by atoms with Crippen LogP contribution >= 0.6 is 0 Å². The molecule has 1 aromatic rings. The van der Waals surface area contributed by atoms with Gasteiger partial charge >= 0.3 is 5.69 Å². The number of carbonyl (C=O) groups is 1. The second-order valence-electron chi connectivity index (χ2n) is 4.14. The molecular weight excluding hydrogens is 224 g/mol. The van der Waals surface area contributed by atoms with Gasteiger partial charge in [-0.2, -0.15) is 0 Å². The first-order chi connectivity index (χ1) is 8.02. The van der Waals surface area contributed by atoms with Crippen molar-refractivity contribution in [3.8, 4) is 5.75 Å². The lowest BCUT2D eigenvalue weighted by molar-refractivity contribution is -0.386. The third-order valence-electron chi connectivity index (χ3n) is 3.16. The number of amides is 1. The summed E-state index contributed by atoms with van der Waals surface area (Å²) in [5, 5.41) is 20.5. The summed E-state index contributed by atoms with van der Waals surface area (Å²) in [6.07, 6.45) is 2.53. The van der Waals surface area contributed by atoms with Crippen molar-refractivity contribution in [3.63, 3.8) is 0 Å². The molecule has 0 saturated heterocycles. The van der Waals surface area contributed by atoms with E-state index in [0.717, 1.165) is 25.3 Å². The number of benzene rings is 1. The summed E-state index contributed by atoms with van der Waals surface area (Å²) >= 11 is 0. The fourth-order valence-electron chi connectivity index (χ4n) is 2.11. The van der Waals surface area contributed by atoms with Crippen molar-refractivity contribution >= 4 is 11.6 Å². The van der Waals surface area contributed by atoms with Crippen LogP contribution in [0.25, 0.3) is 0 Å². The standard InChI is InChI=1S/C11H12N2O4/c12-11(15)7-4-5-8(14)10(13(16)17)9(7)6-2-1-3-6/h4-6,14H,1-3H2,(H2,12,15). The molecule has 0 atom stereocenters. The average Bonchev–Trinajstić information content (AvgIpc) is 2.13. The molecule has 1 aromatic carbocycles. The molecule has 0 radical (unpaired) electrons. The largest absolute Gasteiger partial charge is 0.502 e. The highest BCUT2D eigenvalue weighted by Gasteiger charge is 2.33. The summed E-state index contributed by atoms with van der Waals surface area (Å²) in [5.41, 5.74) is 5.25. The monoisotopic (exact) mass is 236 g/mol. The molecule has 1 aliphatic carbocycles. The van der Waals surface area contributed by atoms with Gasteiger partial charge in [0.1, 0.15) is 0 Å². The molecule has 0 unspecified atom stereocenters. The number of primary amides is 1. The van der Waals surface area contributed by atoms with Gasteiger partial charge in [-0.25, -0.2) is 0 Å². The second kappa shape index (κ2) is 4.04. The molecule has 0 heterocycles. The first kappa shape index (κ1) is 11.4. The number of nitro groups is 1. The Kier molecular flexibility index (Phi) is 2.71. The number of hydrogen-bond acceptors (Lipinski definition) is 4. The minimum absolute atomic E-state index is 0.0509. The van der Waals surface area contributed by atoms with Gasteiger partial charge in [0.25, 0.3) is 0 Å². The van der Waals surface area contributed by atoms with E-state index in [9.17, 15) is 20.0 Å². The third-order valence-corrected chi connectivity index (χ3v) is 3.16. The van der Waals surface area contributed by atoms with Crippen LogP contribution in [0, 0.1) is 10.1 Å². The number of carbonyl (C=O) groups excluding carboxylic acids is 1. The van der Waals surface area contributed by atoms with Gasteiger partial charge < -0.3 is 10.8 Å². The Morgan fingerprint density at radius 1 is 1.47 bits per heavy atom. The molecule has 90 valence electrons. The Morgan fingerprint density at radius 2 is 2.12 bits per heavy atom. The maximum absolute atomic E-state index is 11.3. The Balaban J connectivity index is 2.66. The highest BCUT2D eigenvalue weighted by molar-refractivity contribution is 5.96. The van der Waals surface area contributed by atoms with Crippen molar-refractivity contribution in [1.82, 2.24) is 0 Å². The zero-order valence-corrected chi connectivity index (χ0v) is 9.05. The summed E-state index contributed by atoms with van der Waals surface area (Å²) in [6, 6.07) is 2.48. The Bertz CT molecular complexity index is 494. The number of phenols is 1. The molecule has 17 heavy (non-hydrogen) atoms. The van der Waals surface area contributed by atoms with Gasteiger partial charge in [0, 0.05) is 11.1 Å². The number of rotatable bonds is 3. The summed E-state index contributed by atoms with van der Waals surface area (Å²) in [7, 11) is 0. The van der Waals surface area contributed by atoms with Gasteiger partial charge in [-0.05, 0) is 30.9 Å². The Hall–Kier alpha value is -2.11. The van der Waals surface area contributed by atoms with Crippen molar-refractivity contribution in [3.05, 3.63) is 33.4 Å². The first-order valence-electron chi connectivity index (χ1n) is 5.32. The summed E-state index contributed by atoms with van der Waals surface area (Å²) in [5.74, 6) is -1.16. The first-order valence-corrected chi connectivity index (χ1v) is 5.32. The van der Waals surface area contributed by atoms with Crippen molar-refractivity contribution in [2.75, 3.05) is 0 Å². The second-order valence-corrected chi connectivity index (χ2v) is 4.14. The Morgan fingerprint density at radius 3 is 2.53 bits per heavy atom. The quantitative estimate of drug-likeness (QED) is 0.614. The zero-order chi connectivity index (χ0) is 12.6. The normalized spacial score (nSPS) is 15.3. The van der Waals surface area contributed by atoms with Crippen molar-refractivity contribution in [1.29, 1.82) is 0 Å². The molecule has 0 spiro atoms. The molecule has 2 rings (SSSR count). The maximum atomic E-state index is 11.3. The van der Waals surface area contributed by atoms with Gasteiger partial charge in [0.15, 0.2) is 5.75 Å². The third kappa shape index (κ3) is 1.82. The predicted octanol–water partition coefficient (Wildman–Crippen LogP) is 1.67. The van der Waals surface area contributed by atoms with Crippen LogP contribution in [0.1, 0.15) is 41.1 Å². The number of aromatic hydroxyl groups is 1. The van der Waals surface area contributed by atoms with Crippen LogP contribution in [0.3, 0.4) is 0 Å². The maximum Gasteiger partial charge on any atom is 0.314 e. The minimum Gasteiger partial charge on any atom is -0.502 e. The van der Waals surface area contributed by atoms with E-state index < -0.39 is 16.6 Å². The summed E-state index contributed by atoms with van der Waals surface area (Å²) in [4.78, 5) is 21.6. The van der Waals surface area contributed by atoms with Crippen LogP contribution in [0.2, 0.25) is 0 Å². The SMILES string of the molecule is NC(=O)c1ccc(O)c([N+](=O)[O-])c1C1CCC1. The molecule has 3 N–H and O–H groups in total. The van der Waals surface area contributed by atoms with Gasteiger partial charge in [-0.3, -0.25) is 14.9 Å². The molecule has 1 aliphatic rings. The van der Waals surface area contributed by atoms with Gasteiger partial charge in [-0.15, -0.1) is 0 Å². The highest BCUT2D eigenvalue weighted by Crippen LogP contribution is 2.45. The molecule has 1 fully saturated rings. The van der Waals surface area contributed by atoms with Crippen molar-refractivity contribution < 1.29 is 14.8 Å². The molecule has 1 saturated carbocycles. The lowest BCUT2D eigenvalue weighted by Gasteiger charge is -2.27. The molecule has 0 bridgehead atoms. The van der Waals surface area contributed by atoms with Crippen LogP contribution in [0.15, 0.2) is 12.1 Å². The number of nitrogens with two attached hydrogens (primary N) is 1. The number of nitrogens with zero attached hydrogens (tertiary/aromatic N) is 1. The minimum atomic E-state index is -0.699. The van der Waals surface area contributed by atoms with Crippen LogP contribution in [-0.4, -0.2) is 15.9 Å². The van der Waals surface area contributed by atoms with Gasteiger partial charge in [0.05, 0.1) is 4.92 Å². The van der Waals surface area contributed by atoms with E-state index in [1.165, 1.54) is 6.07 Å². The average molecular weight is 236 g/mol. The molecule has 6 heteroatoms. The fraction of sp³-hybridized carbons (Fsp3) is 0.364. The van der Waals surface area contributed by atoms with Crippen LogP contribution in [0.4, 0.5) is 5.69 Å². The van der Waals surface area contributed by atoms with Crippen LogP contribution < -0.4 is 5.73 Å². The molecule has 0 aliphatic heterocycles. The summed E-state index contributed by atoms with van der Waals surface area (Å²) in [6.45, 7) is 0. The van der Waals surface area contributed by atoms with E-state index in [1.54, 1.807) is 0 Å². The van der Waals surface area contributed by atoms with Crippen LogP contribution in [-0.2, 0) is 0 Å². The van der Waals surface area contributed by atoms with E-state index >= 15 is 0 Å². The van der Waals surface area contributed by atoms with Gasteiger partial charge in [0.2, 0.25) is 5.91 Å². The molecule has 0 aromatic heterocycles. The van der Waals surface area contributed by atoms with Crippen molar-refractivity contribution in [2.45, 2.75) is 25.2 Å². The zero-order valence-electron chi connectivity index (χ0n) is 9.05. The highest BCUT2D eigenvalue weighted by atomic mass is 16.6. The van der Waals surface area contributed by atoms with E-state index in [2.05, 4.69) is 0 Å². The smallest absolute Gasteiger partial charge is 0.314 e. The van der Waals surface area contributed by atoms with E-state index in [1.807, 2.05) is 0 Å². The fourth-order valence-corrected chi connectivity index (χ4v) is 2.11. The topological polar surface area (TPSA) is 106 Å².